The average molecular weight is 153 g/mol. The van der Waals surface area contributed by atoms with Crippen LogP contribution in [-0.4, -0.2) is 12.0 Å². The fourth-order valence-corrected chi connectivity index (χ4v) is 0.289. The van der Waals surface area contributed by atoms with Crippen molar-refractivity contribution in [3.8, 4) is 0 Å². The molecule has 0 aliphatic carbocycles. The highest BCUT2D eigenvalue weighted by Gasteiger charge is 2.36. The second-order valence-electron chi connectivity index (χ2n) is 1.75. The summed E-state index contributed by atoms with van der Waals surface area (Å²) in [5.74, 6) is -1.92. The summed E-state index contributed by atoms with van der Waals surface area (Å²) in [5.41, 5.74) is 4.68. The molecule has 0 aromatic heterocycles. The van der Waals surface area contributed by atoms with Gasteiger partial charge in [-0.25, -0.2) is 0 Å². The Morgan fingerprint density at radius 1 is 1.50 bits per heavy atom. The molecule has 2 N–H and O–H groups in total. The van der Waals surface area contributed by atoms with Gasteiger partial charge in [-0.3, -0.25) is 4.79 Å². The monoisotopic (exact) mass is 153 g/mol. The van der Waals surface area contributed by atoms with Crippen LogP contribution >= 0.6 is 0 Å². The Hall–Kier alpha value is -1.00. The van der Waals surface area contributed by atoms with Crippen molar-refractivity contribution in [1.82, 2.24) is 0 Å². The minimum Gasteiger partial charge on any atom is -0.402 e. The van der Waals surface area contributed by atoms with Crippen LogP contribution in [0.3, 0.4) is 0 Å². The first-order valence-corrected chi connectivity index (χ1v) is 2.39. The molecule has 0 saturated carbocycles. The SMILES string of the molecule is C/C(N)=C\C(=O)C(F)(F)F. The number of rotatable bonds is 1. The molecule has 0 aliphatic rings. The third kappa shape index (κ3) is 3.11. The summed E-state index contributed by atoms with van der Waals surface area (Å²) < 4.78 is 34.1. The highest BCUT2D eigenvalue weighted by Crippen LogP contribution is 2.16. The van der Waals surface area contributed by atoms with E-state index in [2.05, 4.69) is 0 Å². The first-order valence-electron chi connectivity index (χ1n) is 2.39. The third-order valence-corrected chi connectivity index (χ3v) is 0.638. The highest BCUT2D eigenvalue weighted by atomic mass is 19.4. The number of carbonyl (C=O) groups is 1. The molecule has 0 aromatic rings. The number of alkyl halides is 3. The van der Waals surface area contributed by atoms with Crippen molar-refractivity contribution in [2.75, 3.05) is 0 Å². The van der Waals surface area contributed by atoms with Crippen LogP contribution in [0.2, 0.25) is 0 Å². The molecular formula is C5H6F3NO. The zero-order valence-corrected chi connectivity index (χ0v) is 5.20. The number of allylic oxidation sites excluding steroid dienone is 2. The van der Waals surface area contributed by atoms with Crippen LogP contribution in [0.5, 0.6) is 0 Å². The number of carbonyl (C=O) groups excluding carboxylic acids is 1. The fraction of sp³-hybridized carbons (Fsp3) is 0.400. The lowest BCUT2D eigenvalue weighted by Gasteiger charge is -1.99. The van der Waals surface area contributed by atoms with E-state index in [1.165, 1.54) is 6.92 Å². The van der Waals surface area contributed by atoms with E-state index in [1.807, 2.05) is 0 Å². The maximum absolute atomic E-state index is 11.4. The predicted octanol–water partition coefficient (Wildman–Crippen LogP) is 0.980. The zero-order chi connectivity index (χ0) is 8.36. The maximum atomic E-state index is 11.4. The summed E-state index contributed by atoms with van der Waals surface area (Å²) in [6.45, 7) is 1.21. The second-order valence-corrected chi connectivity index (χ2v) is 1.75. The molecule has 0 fully saturated rings. The summed E-state index contributed by atoms with van der Waals surface area (Å²) in [4.78, 5) is 9.99. The van der Waals surface area contributed by atoms with Crippen molar-refractivity contribution in [1.29, 1.82) is 0 Å². The smallest absolute Gasteiger partial charge is 0.402 e. The van der Waals surface area contributed by atoms with E-state index in [9.17, 15) is 18.0 Å². The van der Waals surface area contributed by atoms with E-state index in [4.69, 9.17) is 5.73 Å². The molecular weight excluding hydrogens is 147 g/mol. The predicted molar refractivity (Wildman–Crippen MR) is 29.0 cm³/mol. The van der Waals surface area contributed by atoms with Crippen LogP contribution in [0.1, 0.15) is 6.92 Å². The quantitative estimate of drug-likeness (QED) is 0.570. The summed E-state index contributed by atoms with van der Waals surface area (Å²) >= 11 is 0. The van der Waals surface area contributed by atoms with Gasteiger partial charge in [-0.15, -0.1) is 0 Å². The first kappa shape index (κ1) is 9.00. The number of ketones is 1. The van der Waals surface area contributed by atoms with E-state index in [0.29, 0.717) is 6.08 Å². The fourth-order valence-electron chi connectivity index (χ4n) is 0.289. The summed E-state index contributed by atoms with van der Waals surface area (Å²) in [7, 11) is 0. The Bertz CT molecular complexity index is 166. The van der Waals surface area contributed by atoms with E-state index < -0.39 is 12.0 Å². The molecule has 0 amide bonds. The van der Waals surface area contributed by atoms with Gasteiger partial charge in [0.25, 0.3) is 5.78 Å². The molecule has 0 spiro atoms. The maximum Gasteiger partial charge on any atom is 0.454 e. The van der Waals surface area contributed by atoms with Gasteiger partial charge in [0.2, 0.25) is 0 Å². The van der Waals surface area contributed by atoms with Crippen LogP contribution in [0.25, 0.3) is 0 Å². The Kier molecular flexibility index (Phi) is 2.45. The largest absolute Gasteiger partial charge is 0.454 e. The van der Waals surface area contributed by atoms with Crippen molar-refractivity contribution < 1.29 is 18.0 Å². The van der Waals surface area contributed by atoms with Crippen LogP contribution in [0.15, 0.2) is 11.8 Å². The van der Waals surface area contributed by atoms with Gasteiger partial charge in [-0.05, 0) is 6.92 Å². The topological polar surface area (TPSA) is 43.1 Å². The Labute approximate surface area is 55.5 Å². The molecule has 0 saturated heterocycles. The van der Waals surface area contributed by atoms with Crippen LogP contribution in [0.4, 0.5) is 13.2 Å². The lowest BCUT2D eigenvalue weighted by atomic mass is 10.3. The van der Waals surface area contributed by atoms with Gasteiger partial charge in [0.1, 0.15) is 0 Å². The van der Waals surface area contributed by atoms with Crippen LogP contribution in [-0.2, 0) is 4.79 Å². The molecule has 0 bridgehead atoms. The first-order chi connectivity index (χ1) is 4.34. The Morgan fingerprint density at radius 2 is 1.90 bits per heavy atom. The van der Waals surface area contributed by atoms with E-state index in [0.717, 1.165) is 0 Å². The van der Waals surface area contributed by atoms with Crippen molar-refractivity contribution >= 4 is 5.78 Å². The van der Waals surface area contributed by atoms with Crippen molar-refractivity contribution in [2.45, 2.75) is 13.1 Å². The van der Waals surface area contributed by atoms with Gasteiger partial charge in [0, 0.05) is 11.8 Å². The van der Waals surface area contributed by atoms with Crippen molar-refractivity contribution in [2.24, 2.45) is 5.73 Å². The summed E-state index contributed by atoms with van der Waals surface area (Å²) in [6.07, 6.45) is -4.46. The average Bonchev–Trinajstić information content (AvgIpc) is 1.60. The third-order valence-electron chi connectivity index (χ3n) is 0.638. The minimum absolute atomic E-state index is 0.151. The summed E-state index contributed by atoms with van der Waals surface area (Å²) in [5, 5.41) is 0. The molecule has 58 valence electrons. The molecule has 5 heteroatoms. The molecule has 10 heavy (non-hydrogen) atoms. The normalized spacial score (nSPS) is 13.4. The Balaban J connectivity index is 4.27. The van der Waals surface area contributed by atoms with Gasteiger partial charge in [-0.2, -0.15) is 13.2 Å². The molecule has 0 radical (unpaired) electrons. The summed E-state index contributed by atoms with van der Waals surface area (Å²) in [6, 6.07) is 0. The van der Waals surface area contributed by atoms with Crippen LogP contribution in [0, 0.1) is 0 Å². The van der Waals surface area contributed by atoms with Crippen molar-refractivity contribution in [3.05, 3.63) is 11.8 Å². The number of hydrogen-bond acceptors (Lipinski definition) is 2. The molecule has 0 unspecified atom stereocenters. The standard InChI is InChI=1S/C5H6F3NO/c1-3(9)2-4(10)5(6,7)8/h2H,9H2,1H3/b3-2+. The van der Waals surface area contributed by atoms with Gasteiger partial charge in [0.05, 0.1) is 0 Å². The molecule has 0 aromatic carbocycles. The molecule has 0 atom stereocenters. The van der Waals surface area contributed by atoms with E-state index >= 15 is 0 Å². The second kappa shape index (κ2) is 2.72. The molecule has 2 nitrogen and oxygen atoms in total. The number of hydrogen-bond donors (Lipinski definition) is 1. The van der Waals surface area contributed by atoms with Crippen molar-refractivity contribution in [3.63, 3.8) is 0 Å². The van der Waals surface area contributed by atoms with Gasteiger partial charge in [-0.1, -0.05) is 0 Å². The zero-order valence-electron chi connectivity index (χ0n) is 5.20. The van der Waals surface area contributed by atoms with E-state index in [-0.39, 0.29) is 5.70 Å². The molecule has 0 rings (SSSR count). The Morgan fingerprint density at radius 3 is 2.00 bits per heavy atom. The molecule has 0 aliphatic heterocycles. The minimum atomic E-state index is -4.80. The van der Waals surface area contributed by atoms with Gasteiger partial charge < -0.3 is 5.73 Å². The van der Waals surface area contributed by atoms with E-state index in [1.54, 1.807) is 0 Å². The van der Waals surface area contributed by atoms with Gasteiger partial charge >= 0.3 is 6.18 Å². The van der Waals surface area contributed by atoms with Crippen LogP contribution < -0.4 is 5.73 Å². The highest BCUT2D eigenvalue weighted by molar-refractivity contribution is 5.94. The number of halogens is 3. The number of nitrogens with two attached hydrogens (primary N) is 1. The van der Waals surface area contributed by atoms with Gasteiger partial charge in [0.15, 0.2) is 0 Å². The lowest BCUT2D eigenvalue weighted by molar-refractivity contribution is -0.165. The molecule has 0 heterocycles. The lowest BCUT2D eigenvalue weighted by Crippen LogP contribution is -2.21.